The number of hydrogen-bond donors (Lipinski definition) is 2. The molecule has 0 aromatic heterocycles. The lowest BCUT2D eigenvalue weighted by atomic mass is 10.1. The maximum absolute atomic E-state index is 12.9. The highest BCUT2D eigenvalue weighted by molar-refractivity contribution is 7.89. The standard InChI is InChI=1S/C23H23ClN2O4S/c1-15-9-10-18(23(27)26-20-11-16(2)19(24)13-21(20)30-3)12-22(15)31(28,29)25-14-17-7-5-4-6-8-17/h4-13,25H,14H2,1-3H3,(H,26,27). The van der Waals surface area contributed by atoms with Crippen LogP contribution in [0.2, 0.25) is 5.02 Å². The van der Waals surface area contributed by atoms with E-state index in [1.165, 1.54) is 13.2 Å². The van der Waals surface area contributed by atoms with E-state index in [4.69, 9.17) is 16.3 Å². The van der Waals surface area contributed by atoms with Crippen LogP contribution in [0.3, 0.4) is 0 Å². The molecule has 0 atom stereocenters. The molecule has 2 N–H and O–H groups in total. The molecule has 0 aliphatic rings. The molecule has 3 aromatic rings. The van der Waals surface area contributed by atoms with Crippen molar-refractivity contribution in [3.05, 3.63) is 87.9 Å². The number of ether oxygens (including phenoxy) is 1. The molecule has 0 saturated carbocycles. The van der Waals surface area contributed by atoms with E-state index in [-0.39, 0.29) is 17.0 Å². The molecular weight excluding hydrogens is 436 g/mol. The molecule has 0 heterocycles. The predicted octanol–water partition coefficient (Wildman–Crippen LogP) is 4.70. The topological polar surface area (TPSA) is 84.5 Å². The molecule has 0 fully saturated rings. The average Bonchev–Trinajstić information content (AvgIpc) is 2.75. The molecule has 3 rings (SSSR count). The average molecular weight is 459 g/mol. The normalized spacial score (nSPS) is 11.2. The van der Waals surface area contributed by atoms with E-state index in [1.807, 2.05) is 37.3 Å². The van der Waals surface area contributed by atoms with Gasteiger partial charge >= 0.3 is 0 Å². The van der Waals surface area contributed by atoms with Gasteiger partial charge in [-0.1, -0.05) is 48.0 Å². The zero-order chi connectivity index (χ0) is 22.6. The molecule has 8 heteroatoms. The highest BCUT2D eigenvalue weighted by Gasteiger charge is 2.20. The summed E-state index contributed by atoms with van der Waals surface area (Å²) in [4.78, 5) is 12.9. The molecule has 0 bridgehead atoms. The van der Waals surface area contributed by atoms with Crippen molar-refractivity contribution in [1.29, 1.82) is 0 Å². The van der Waals surface area contributed by atoms with Crippen molar-refractivity contribution in [3.8, 4) is 5.75 Å². The number of carbonyl (C=O) groups excluding carboxylic acids is 1. The second-order valence-corrected chi connectivity index (χ2v) is 9.19. The molecule has 0 aliphatic carbocycles. The van der Waals surface area contributed by atoms with Gasteiger partial charge in [-0.25, -0.2) is 13.1 Å². The molecule has 162 valence electrons. The fraction of sp³-hybridized carbons (Fsp3) is 0.174. The molecule has 1 amide bonds. The summed E-state index contributed by atoms with van der Waals surface area (Å²) >= 11 is 6.11. The number of rotatable bonds is 7. The Labute approximate surface area is 187 Å². The zero-order valence-electron chi connectivity index (χ0n) is 17.4. The predicted molar refractivity (Wildman–Crippen MR) is 122 cm³/mol. The van der Waals surface area contributed by atoms with E-state index >= 15 is 0 Å². The van der Waals surface area contributed by atoms with Crippen molar-refractivity contribution in [2.24, 2.45) is 0 Å². The smallest absolute Gasteiger partial charge is 0.255 e. The number of carbonyl (C=O) groups is 1. The summed E-state index contributed by atoms with van der Waals surface area (Å²) in [5, 5.41) is 3.28. The van der Waals surface area contributed by atoms with Crippen LogP contribution in [0.4, 0.5) is 5.69 Å². The number of aryl methyl sites for hydroxylation is 2. The maximum atomic E-state index is 12.9. The Morgan fingerprint density at radius 1 is 1.00 bits per heavy atom. The summed E-state index contributed by atoms with van der Waals surface area (Å²) in [6.45, 7) is 3.65. The molecule has 6 nitrogen and oxygen atoms in total. The Bertz CT molecular complexity index is 1210. The highest BCUT2D eigenvalue weighted by atomic mass is 35.5. The Hall–Kier alpha value is -2.87. The number of anilines is 1. The van der Waals surface area contributed by atoms with Gasteiger partial charge in [0.1, 0.15) is 5.75 Å². The third kappa shape index (κ3) is 5.44. The minimum absolute atomic E-state index is 0.0512. The molecule has 0 unspecified atom stereocenters. The van der Waals surface area contributed by atoms with Crippen LogP contribution in [0.5, 0.6) is 5.75 Å². The van der Waals surface area contributed by atoms with Gasteiger partial charge in [0.05, 0.1) is 17.7 Å². The highest BCUT2D eigenvalue weighted by Crippen LogP contribution is 2.31. The molecule has 0 saturated heterocycles. The quantitative estimate of drug-likeness (QED) is 0.537. The second-order valence-electron chi connectivity index (χ2n) is 7.05. The summed E-state index contributed by atoms with van der Waals surface area (Å²) < 4.78 is 33.6. The van der Waals surface area contributed by atoms with Crippen molar-refractivity contribution in [2.45, 2.75) is 25.3 Å². The monoisotopic (exact) mass is 458 g/mol. The van der Waals surface area contributed by atoms with Gasteiger partial charge in [-0.05, 0) is 48.7 Å². The number of hydrogen-bond acceptors (Lipinski definition) is 4. The lowest BCUT2D eigenvalue weighted by Crippen LogP contribution is -2.24. The van der Waals surface area contributed by atoms with Crippen LogP contribution in [0.15, 0.2) is 65.6 Å². The molecule has 31 heavy (non-hydrogen) atoms. The Balaban J connectivity index is 1.85. The summed E-state index contributed by atoms with van der Waals surface area (Å²) in [6.07, 6.45) is 0. The number of amides is 1. The van der Waals surface area contributed by atoms with Crippen LogP contribution in [0.1, 0.15) is 27.0 Å². The minimum Gasteiger partial charge on any atom is -0.495 e. The van der Waals surface area contributed by atoms with Gasteiger partial charge < -0.3 is 10.1 Å². The van der Waals surface area contributed by atoms with Gasteiger partial charge in [-0.15, -0.1) is 0 Å². The zero-order valence-corrected chi connectivity index (χ0v) is 19.0. The fourth-order valence-corrected chi connectivity index (χ4v) is 4.45. The van der Waals surface area contributed by atoms with Gasteiger partial charge in [-0.2, -0.15) is 0 Å². The van der Waals surface area contributed by atoms with Gasteiger partial charge in [0.25, 0.3) is 5.91 Å². The number of sulfonamides is 1. The van der Waals surface area contributed by atoms with E-state index < -0.39 is 15.9 Å². The maximum Gasteiger partial charge on any atom is 0.255 e. The first-order valence-electron chi connectivity index (χ1n) is 9.51. The van der Waals surface area contributed by atoms with E-state index in [1.54, 1.807) is 31.2 Å². The van der Waals surface area contributed by atoms with E-state index in [2.05, 4.69) is 10.0 Å². The molecule has 0 spiro atoms. The first-order valence-corrected chi connectivity index (χ1v) is 11.4. The van der Waals surface area contributed by atoms with Crippen molar-refractivity contribution >= 4 is 33.2 Å². The van der Waals surface area contributed by atoms with Crippen molar-refractivity contribution in [2.75, 3.05) is 12.4 Å². The van der Waals surface area contributed by atoms with Crippen LogP contribution >= 0.6 is 11.6 Å². The molecule has 0 aliphatic heterocycles. The Morgan fingerprint density at radius 3 is 2.39 bits per heavy atom. The number of halogens is 1. The van der Waals surface area contributed by atoms with Crippen LogP contribution in [0, 0.1) is 13.8 Å². The first-order chi connectivity index (χ1) is 14.7. The van der Waals surface area contributed by atoms with Crippen molar-refractivity contribution in [3.63, 3.8) is 0 Å². The number of benzene rings is 3. The van der Waals surface area contributed by atoms with E-state index in [0.29, 0.717) is 22.0 Å². The summed E-state index contributed by atoms with van der Waals surface area (Å²) in [5.74, 6) is -0.0482. The number of nitrogens with one attached hydrogen (secondary N) is 2. The largest absolute Gasteiger partial charge is 0.495 e. The van der Waals surface area contributed by atoms with Crippen LogP contribution in [0.25, 0.3) is 0 Å². The van der Waals surface area contributed by atoms with Crippen LogP contribution in [-0.2, 0) is 16.6 Å². The lowest BCUT2D eigenvalue weighted by molar-refractivity contribution is 0.102. The van der Waals surface area contributed by atoms with Crippen molar-refractivity contribution < 1.29 is 17.9 Å². The van der Waals surface area contributed by atoms with Gasteiger partial charge in [0.2, 0.25) is 10.0 Å². The van der Waals surface area contributed by atoms with Crippen LogP contribution < -0.4 is 14.8 Å². The Morgan fingerprint density at radius 2 is 1.71 bits per heavy atom. The SMILES string of the molecule is COc1cc(Cl)c(C)cc1NC(=O)c1ccc(C)c(S(=O)(=O)NCc2ccccc2)c1. The lowest BCUT2D eigenvalue weighted by Gasteiger charge is -2.14. The first kappa shape index (κ1) is 22.8. The summed E-state index contributed by atoms with van der Waals surface area (Å²) in [7, 11) is -2.34. The molecule has 3 aromatic carbocycles. The Kier molecular flexibility index (Phi) is 7.00. The van der Waals surface area contributed by atoms with Crippen LogP contribution in [-0.4, -0.2) is 21.4 Å². The third-order valence-electron chi connectivity index (χ3n) is 4.78. The molecule has 0 radical (unpaired) electrons. The number of methoxy groups -OCH3 is 1. The van der Waals surface area contributed by atoms with Crippen molar-refractivity contribution in [1.82, 2.24) is 4.72 Å². The van der Waals surface area contributed by atoms with Gasteiger partial charge in [0.15, 0.2) is 0 Å². The van der Waals surface area contributed by atoms with E-state index in [9.17, 15) is 13.2 Å². The summed E-state index contributed by atoms with van der Waals surface area (Å²) in [5.41, 5.74) is 2.80. The fourth-order valence-electron chi connectivity index (χ4n) is 3.01. The molecular formula is C23H23ClN2O4S. The van der Waals surface area contributed by atoms with E-state index in [0.717, 1.165) is 11.1 Å². The van der Waals surface area contributed by atoms with Gasteiger partial charge in [-0.3, -0.25) is 4.79 Å². The summed E-state index contributed by atoms with van der Waals surface area (Å²) in [6, 6.07) is 17.1. The minimum atomic E-state index is -3.82. The second kappa shape index (κ2) is 9.51. The third-order valence-corrected chi connectivity index (χ3v) is 6.73. The van der Waals surface area contributed by atoms with Gasteiger partial charge in [0, 0.05) is 23.2 Å².